The molecule has 176 valence electrons. The molecular formula is C27H58OSi. The summed E-state index contributed by atoms with van der Waals surface area (Å²) in [6, 6.07) is 0. The van der Waals surface area contributed by atoms with Crippen molar-refractivity contribution in [2.75, 3.05) is 6.61 Å². The molecule has 0 rings (SSSR count). The highest BCUT2D eigenvalue weighted by atomic mass is 28.4. The molecule has 29 heavy (non-hydrogen) atoms. The minimum Gasteiger partial charge on any atom is -0.417 e. The second-order valence-corrected chi connectivity index (χ2v) is 16.0. The lowest BCUT2D eigenvalue weighted by molar-refractivity contribution is 0.277. The zero-order chi connectivity index (χ0) is 22.0. The van der Waals surface area contributed by atoms with E-state index in [9.17, 15) is 0 Å². The van der Waals surface area contributed by atoms with Gasteiger partial charge in [-0.25, -0.2) is 0 Å². The van der Waals surface area contributed by atoms with Crippen LogP contribution < -0.4 is 0 Å². The molecule has 0 spiro atoms. The summed E-state index contributed by atoms with van der Waals surface area (Å²) < 4.78 is 6.27. The van der Waals surface area contributed by atoms with E-state index in [0.717, 1.165) is 12.5 Å². The van der Waals surface area contributed by atoms with E-state index in [1.54, 1.807) is 0 Å². The summed E-state index contributed by atoms with van der Waals surface area (Å²) in [5, 5.41) is 0.347. The predicted molar refractivity (Wildman–Crippen MR) is 136 cm³/mol. The van der Waals surface area contributed by atoms with Crippen molar-refractivity contribution in [1.82, 2.24) is 0 Å². The predicted octanol–water partition coefficient (Wildman–Crippen LogP) is 10.3. The lowest BCUT2D eigenvalue weighted by Crippen LogP contribution is -2.40. The van der Waals surface area contributed by atoms with Crippen LogP contribution in [0.4, 0.5) is 0 Å². The van der Waals surface area contributed by atoms with E-state index in [4.69, 9.17) is 4.43 Å². The van der Waals surface area contributed by atoms with E-state index in [2.05, 4.69) is 47.7 Å². The molecule has 0 aliphatic carbocycles. The van der Waals surface area contributed by atoms with Gasteiger partial charge in [-0.1, -0.05) is 137 Å². The van der Waals surface area contributed by atoms with Crippen LogP contribution in [0, 0.1) is 5.92 Å². The molecule has 0 bridgehead atoms. The Balaban J connectivity index is 3.21. The van der Waals surface area contributed by atoms with Crippen LogP contribution in [0.5, 0.6) is 0 Å². The second kappa shape index (κ2) is 17.8. The van der Waals surface area contributed by atoms with E-state index < -0.39 is 8.32 Å². The van der Waals surface area contributed by atoms with Crippen molar-refractivity contribution in [3.05, 3.63) is 0 Å². The third-order valence-electron chi connectivity index (χ3n) is 7.31. The fraction of sp³-hybridized carbons (Fsp3) is 1.00. The Labute approximate surface area is 187 Å². The van der Waals surface area contributed by atoms with Crippen LogP contribution in [0.3, 0.4) is 0 Å². The molecule has 0 aromatic heterocycles. The van der Waals surface area contributed by atoms with Gasteiger partial charge in [0.1, 0.15) is 0 Å². The van der Waals surface area contributed by atoms with Crippen LogP contribution in [0.1, 0.15) is 144 Å². The van der Waals surface area contributed by atoms with Crippen LogP contribution in [-0.4, -0.2) is 14.9 Å². The summed E-state index contributed by atoms with van der Waals surface area (Å²) in [4.78, 5) is 0. The summed E-state index contributed by atoms with van der Waals surface area (Å²) in [6.07, 6.45) is 24.3. The van der Waals surface area contributed by atoms with Crippen LogP contribution >= 0.6 is 0 Å². The minimum atomic E-state index is -1.52. The van der Waals surface area contributed by atoms with Crippen molar-refractivity contribution in [2.24, 2.45) is 5.92 Å². The standard InChI is InChI=1S/C27H58OSi/c1-8-26(2)24-22-20-18-16-14-12-10-9-11-13-15-17-19-21-23-25-28-29(6,7)27(3,4)5/h26H,8-25H2,1-7H3. The molecule has 0 amide bonds. The van der Waals surface area contributed by atoms with Gasteiger partial charge in [0, 0.05) is 6.61 Å². The molecule has 0 aliphatic heterocycles. The molecular weight excluding hydrogens is 368 g/mol. The Morgan fingerprint density at radius 3 is 1.31 bits per heavy atom. The van der Waals surface area contributed by atoms with Gasteiger partial charge in [0.25, 0.3) is 0 Å². The highest BCUT2D eigenvalue weighted by Gasteiger charge is 2.36. The number of rotatable bonds is 20. The molecule has 0 N–H and O–H groups in total. The van der Waals surface area contributed by atoms with Gasteiger partial charge < -0.3 is 4.43 Å². The summed E-state index contributed by atoms with van der Waals surface area (Å²) >= 11 is 0. The first kappa shape index (κ1) is 29.2. The van der Waals surface area contributed by atoms with E-state index in [1.165, 1.54) is 109 Å². The second-order valence-electron chi connectivity index (χ2n) is 11.2. The van der Waals surface area contributed by atoms with Gasteiger partial charge in [-0.3, -0.25) is 0 Å². The summed E-state index contributed by atoms with van der Waals surface area (Å²) in [6.45, 7) is 17.4. The molecule has 0 fully saturated rings. The van der Waals surface area contributed by atoms with Gasteiger partial charge in [0.2, 0.25) is 0 Å². The lowest BCUT2D eigenvalue weighted by atomic mass is 9.99. The molecule has 0 heterocycles. The van der Waals surface area contributed by atoms with E-state index in [0.29, 0.717) is 5.04 Å². The Morgan fingerprint density at radius 1 is 0.621 bits per heavy atom. The van der Waals surface area contributed by atoms with Crippen LogP contribution in [0.2, 0.25) is 18.1 Å². The van der Waals surface area contributed by atoms with Crippen molar-refractivity contribution in [3.63, 3.8) is 0 Å². The van der Waals surface area contributed by atoms with Crippen molar-refractivity contribution in [1.29, 1.82) is 0 Å². The zero-order valence-electron chi connectivity index (χ0n) is 21.7. The summed E-state index contributed by atoms with van der Waals surface area (Å²) in [7, 11) is -1.52. The van der Waals surface area contributed by atoms with Gasteiger partial charge in [-0.15, -0.1) is 0 Å². The molecule has 0 aromatic carbocycles. The SMILES string of the molecule is CCC(C)CCCCCCCCCCCCCCCCCO[Si](C)(C)C(C)(C)C. The van der Waals surface area contributed by atoms with Crippen LogP contribution in [-0.2, 0) is 4.43 Å². The highest BCUT2D eigenvalue weighted by molar-refractivity contribution is 6.74. The van der Waals surface area contributed by atoms with Gasteiger partial charge in [0.05, 0.1) is 0 Å². The molecule has 0 saturated heterocycles. The van der Waals surface area contributed by atoms with Crippen molar-refractivity contribution in [2.45, 2.75) is 162 Å². The molecule has 1 nitrogen and oxygen atoms in total. The first-order chi connectivity index (χ1) is 13.7. The van der Waals surface area contributed by atoms with Gasteiger partial charge in [-0.05, 0) is 30.5 Å². The Hall–Kier alpha value is 0.177. The maximum atomic E-state index is 6.27. The molecule has 1 unspecified atom stereocenters. The number of hydrogen-bond acceptors (Lipinski definition) is 1. The highest BCUT2D eigenvalue weighted by Crippen LogP contribution is 2.36. The average Bonchev–Trinajstić information content (AvgIpc) is 2.65. The Morgan fingerprint density at radius 2 is 0.966 bits per heavy atom. The maximum Gasteiger partial charge on any atom is 0.191 e. The van der Waals surface area contributed by atoms with E-state index in [1.807, 2.05) is 0 Å². The smallest absolute Gasteiger partial charge is 0.191 e. The fourth-order valence-corrected chi connectivity index (χ4v) is 4.73. The first-order valence-electron chi connectivity index (χ1n) is 13.3. The molecule has 0 radical (unpaired) electrons. The summed E-state index contributed by atoms with van der Waals surface area (Å²) in [5.41, 5.74) is 0. The third-order valence-corrected chi connectivity index (χ3v) is 11.8. The Kier molecular flexibility index (Phi) is 17.9. The maximum absolute atomic E-state index is 6.27. The largest absolute Gasteiger partial charge is 0.417 e. The van der Waals surface area contributed by atoms with Crippen LogP contribution in [0.25, 0.3) is 0 Å². The van der Waals surface area contributed by atoms with Crippen molar-refractivity contribution >= 4 is 8.32 Å². The first-order valence-corrected chi connectivity index (χ1v) is 16.3. The van der Waals surface area contributed by atoms with Gasteiger partial charge in [0.15, 0.2) is 8.32 Å². The monoisotopic (exact) mass is 426 g/mol. The molecule has 0 aromatic rings. The lowest BCUT2D eigenvalue weighted by Gasteiger charge is -2.36. The van der Waals surface area contributed by atoms with Crippen molar-refractivity contribution in [3.8, 4) is 0 Å². The van der Waals surface area contributed by atoms with Crippen LogP contribution in [0.15, 0.2) is 0 Å². The quantitative estimate of drug-likeness (QED) is 0.139. The number of unbranched alkanes of at least 4 members (excludes halogenated alkanes) is 14. The van der Waals surface area contributed by atoms with E-state index in [-0.39, 0.29) is 0 Å². The molecule has 0 aliphatic rings. The van der Waals surface area contributed by atoms with Crippen molar-refractivity contribution < 1.29 is 4.43 Å². The minimum absolute atomic E-state index is 0.347. The topological polar surface area (TPSA) is 9.23 Å². The zero-order valence-corrected chi connectivity index (χ0v) is 22.7. The Bertz CT molecular complexity index is 345. The molecule has 0 saturated carbocycles. The fourth-order valence-electron chi connectivity index (χ4n) is 3.64. The average molecular weight is 427 g/mol. The normalized spacial score (nSPS) is 13.8. The van der Waals surface area contributed by atoms with Gasteiger partial charge in [-0.2, -0.15) is 0 Å². The third kappa shape index (κ3) is 17.5. The molecule has 2 heteroatoms. The number of hydrogen-bond donors (Lipinski definition) is 0. The summed E-state index contributed by atoms with van der Waals surface area (Å²) in [5.74, 6) is 0.941. The molecule has 1 atom stereocenters. The van der Waals surface area contributed by atoms with Gasteiger partial charge >= 0.3 is 0 Å². The van der Waals surface area contributed by atoms with E-state index >= 15 is 0 Å².